The van der Waals surface area contributed by atoms with Crippen molar-refractivity contribution in [2.75, 3.05) is 0 Å². The van der Waals surface area contributed by atoms with Crippen LogP contribution in [0.5, 0.6) is 0 Å². The third-order valence-corrected chi connectivity index (χ3v) is 23.4. The third-order valence-electron chi connectivity index (χ3n) is 15.8. The second-order valence-electron chi connectivity index (χ2n) is 21.6. The molecular weight excluding hydrogens is 1490 g/mol. The van der Waals surface area contributed by atoms with Gasteiger partial charge in [0.25, 0.3) is 0 Å². The van der Waals surface area contributed by atoms with Gasteiger partial charge in [-0.05, 0) is 0 Å². The first-order chi connectivity index (χ1) is 45.7. The van der Waals surface area contributed by atoms with Crippen molar-refractivity contribution in [3.8, 4) is 57.1 Å². The summed E-state index contributed by atoms with van der Waals surface area (Å²) < 4.78 is 15.7. The number of aromatic nitrogens is 14. The van der Waals surface area contributed by atoms with Crippen LogP contribution in [-0.2, 0) is 0 Å². The molecule has 6 radical (unpaired) electrons. The van der Waals surface area contributed by atoms with Gasteiger partial charge in [-0.3, -0.25) is 0 Å². The normalized spacial score (nSPS) is 10.8. The van der Waals surface area contributed by atoms with Gasteiger partial charge in [-0.2, -0.15) is 0 Å². The van der Waals surface area contributed by atoms with Crippen molar-refractivity contribution in [1.29, 1.82) is 0 Å². The topological polar surface area (TPSA) is 124 Å². The van der Waals surface area contributed by atoms with Crippen LogP contribution in [0.25, 0.3) is 128 Å². The van der Waals surface area contributed by atoms with Crippen LogP contribution in [0.2, 0.25) is 0 Å². The first-order valence-corrected chi connectivity index (χ1v) is 37.9. The van der Waals surface area contributed by atoms with Gasteiger partial charge in [0.05, 0.1) is 0 Å². The predicted molar refractivity (Wildman–Crippen MR) is 390 cm³/mol. The summed E-state index contributed by atoms with van der Waals surface area (Å²) in [6.07, 6.45) is 21.4. The number of nitrogens with zero attached hydrogens (tertiary/aromatic N) is 14. The van der Waals surface area contributed by atoms with E-state index in [1.165, 1.54) is 77.2 Å². The van der Waals surface area contributed by atoms with Gasteiger partial charge in [-0.1, -0.05) is 0 Å². The van der Waals surface area contributed by atoms with Gasteiger partial charge in [0, 0.05) is 0 Å². The number of benzene rings is 4. The number of hydrogen-bond acceptors (Lipinski definition) is 7. The molecule has 14 heterocycles. The Balaban J connectivity index is 0.000000102. The summed E-state index contributed by atoms with van der Waals surface area (Å²) in [6, 6.07) is 80.8. The maximum atomic E-state index is 4.58. The van der Waals surface area contributed by atoms with Crippen LogP contribution in [0.1, 0.15) is 0 Å². The van der Waals surface area contributed by atoms with Crippen molar-refractivity contribution in [2.24, 2.45) is 0 Å². The van der Waals surface area contributed by atoms with E-state index in [0.717, 1.165) is 164 Å². The summed E-state index contributed by atoms with van der Waals surface area (Å²) in [4.78, 5) is 30.9. The average Bonchev–Trinajstić information content (AvgIpc) is 1.75. The number of imidazole rings is 1. The van der Waals surface area contributed by atoms with Gasteiger partial charge in [-0.15, -0.1) is 0 Å². The molecule has 0 fully saturated rings. The van der Waals surface area contributed by atoms with Crippen LogP contribution in [-0.4, -0.2) is 172 Å². The average molecular weight is 1550 g/mol. The maximum absolute atomic E-state index is 4.58. The molecule has 0 atom stereocenters. The first kappa shape index (κ1) is 63.3. The van der Waals surface area contributed by atoms with Crippen molar-refractivity contribution in [1.82, 2.24) is 58.9 Å². The van der Waals surface area contributed by atoms with Gasteiger partial charge in [0.15, 0.2) is 0 Å². The molecule has 436 valence electrons. The SMILES string of the molecule is [GaH][n]1c(-c2ccccn2)cc2ccccc21.[GaH][n]1c(-c2ccccn2)cc2ncccc21.[GaH][n]1c(-c2ncc3ccccn23)cc2ccccc21.[GaH][n]1cc2ccccc2c1-c1ccccn1.[GaH][n]1ccc2ccc3cccnc3c21.[GaH][n]1cccc1-c1ccccn1. The van der Waals surface area contributed by atoms with E-state index in [0.29, 0.717) is 0 Å². The third kappa shape index (κ3) is 14.1. The zero-order chi connectivity index (χ0) is 63.6. The fourth-order valence-corrected chi connectivity index (χ4v) is 17.4. The minimum absolute atomic E-state index is 1.01. The number of rotatable bonds is 5. The van der Waals surface area contributed by atoms with E-state index in [2.05, 4.69) is 229 Å². The molecule has 0 amide bonds. The Morgan fingerprint density at radius 3 is 1.45 bits per heavy atom. The van der Waals surface area contributed by atoms with E-state index < -0.39 is 0 Å². The molecule has 4 aromatic carbocycles. The number of hydrogen-bond donors (Lipinski definition) is 0. The van der Waals surface area contributed by atoms with Crippen molar-refractivity contribution in [3.05, 3.63) is 305 Å². The minimum atomic E-state index is 1.01. The Labute approximate surface area is 598 Å². The van der Waals surface area contributed by atoms with Crippen molar-refractivity contribution >= 4 is 184 Å². The van der Waals surface area contributed by atoms with Crippen molar-refractivity contribution in [2.45, 2.75) is 0 Å². The fourth-order valence-electron chi connectivity index (χ4n) is 11.3. The molecule has 0 saturated carbocycles. The van der Waals surface area contributed by atoms with E-state index >= 15 is 0 Å². The van der Waals surface area contributed by atoms with E-state index in [-0.39, 0.29) is 0 Å². The molecule has 0 aliphatic rings. The fraction of sp³-hybridized carbons (Fsp3) is 0. The molecule has 0 bridgehead atoms. The molecule has 20 heteroatoms. The van der Waals surface area contributed by atoms with E-state index in [1.807, 2.05) is 134 Å². The van der Waals surface area contributed by atoms with E-state index in [9.17, 15) is 0 Å². The molecule has 0 saturated heterocycles. The first-order valence-electron chi connectivity index (χ1n) is 29.9. The Hall–Kier alpha value is -8.47. The molecule has 18 aromatic rings. The second kappa shape index (κ2) is 29.6. The summed E-state index contributed by atoms with van der Waals surface area (Å²) in [6.45, 7) is 0. The van der Waals surface area contributed by atoms with Crippen molar-refractivity contribution in [3.63, 3.8) is 0 Å². The Kier molecular flexibility index (Phi) is 20.2. The zero-order valence-corrected chi connectivity index (χ0v) is 68.7. The van der Waals surface area contributed by atoms with Crippen LogP contribution in [0.15, 0.2) is 305 Å². The molecule has 93 heavy (non-hydrogen) atoms. The van der Waals surface area contributed by atoms with Crippen LogP contribution >= 0.6 is 0 Å². The summed E-state index contributed by atoms with van der Waals surface area (Å²) in [5.41, 5.74) is 18.4. The van der Waals surface area contributed by atoms with Gasteiger partial charge in [-0.25, -0.2) is 0 Å². The molecule has 18 rings (SSSR count). The van der Waals surface area contributed by atoms with Gasteiger partial charge >= 0.3 is 605 Å². The molecular formula is C73H56Ga6N14. The Bertz CT molecular complexity index is 5380. The summed E-state index contributed by atoms with van der Waals surface area (Å²) in [7, 11) is 0. The quantitative estimate of drug-likeness (QED) is 0.157. The van der Waals surface area contributed by atoms with E-state index in [4.69, 9.17) is 0 Å². The molecule has 0 N–H and O–H groups in total. The van der Waals surface area contributed by atoms with Crippen LogP contribution in [0.3, 0.4) is 0 Å². The number of para-hydroxylation sites is 2. The molecule has 0 aliphatic carbocycles. The molecule has 0 unspecified atom stereocenters. The number of fused-ring (bicyclic) bond motifs is 8. The molecule has 14 aromatic heterocycles. The van der Waals surface area contributed by atoms with E-state index in [1.54, 1.807) is 0 Å². The standard InChI is InChI=1S/C15H10N3.2C13H9N2.C12H8N3.C11H7N2.C9H7N2.6Ga.6H/c1-2-7-13-11(5-1)9-14(17-13)15-16-10-12-6-3-4-8-18(12)15;1-2-6-11-10(5-1)9-15-13(11)12-7-3-4-8-14-12;1-2-6-11-10(5-1)9-13(15-11)12-7-3-4-8-14-12;1-2-6-13-9(4-1)12-8-11-10(15-12)5-3-7-14-11;1-2-8-3-4-9-5-7-13-11(9)10(8)12-6-1;1-2-6-10-8(4-1)9-5-3-7-11-9;;;;;;;;;;;;/h1-10H;2*1-9H;1-8H;1-7H;1-7H;;;;;;;;;;;;/q6*-1;6*+1;;;;;;. The molecule has 14 nitrogen and oxygen atoms in total. The zero-order valence-electron chi connectivity index (χ0n) is 50.9. The van der Waals surface area contributed by atoms with Crippen LogP contribution in [0.4, 0.5) is 0 Å². The summed E-state index contributed by atoms with van der Waals surface area (Å²) in [5.74, 6) is 1.01. The second-order valence-corrected chi connectivity index (χ2v) is 29.9. The molecule has 0 spiro atoms. The number of pyridine rings is 7. The summed E-state index contributed by atoms with van der Waals surface area (Å²) >= 11 is 6.49. The Morgan fingerprint density at radius 1 is 0.301 bits per heavy atom. The summed E-state index contributed by atoms with van der Waals surface area (Å²) in [5, 5.41) is 7.63. The van der Waals surface area contributed by atoms with Crippen molar-refractivity contribution < 1.29 is 0 Å². The predicted octanol–water partition coefficient (Wildman–Crippen LogP) is 12.2. The van der Waals surface area contributed by atoms with Crippen LogP contribution < -0.4 is 0 Å². The Morgan fingerprint density at radius 2 is 0.817 bits per heavy atom. The van der Waals surface area contributed by atoms with Gasteiger partial charge in [0.2, 0.25) is 0 Å². The van der Waals surface area contributed by atoms with Gasteiger partial charge in [0.1, 0.15) is 0 Å². The van der Waals surface area contributed by atoms with Crippen LogP contribution in [0, 0.1) is 0 Å². The molecule has 0 aliphatic heterocycles. The monoisotopic (exact) mass is 1540 g/mol. The van der Waals surface area contributed by atoms with Gasteiger partial charge < -0.3 is 0 Å².